The van der Waals surface area contributed by atoms with Crippen LogP contribution in [-0.4, -0.2) is 25.3 Å². The average molecular weight is 282 g/mol. The van der Waals surface area contributed by atoms with Gasteiger partial charge in [0.1, 0.15) is 6.10 Å². The zero-order chi connectivity index (χ0) is 15.1. The van der Waals surface area contributed by atoms with Crippen molar-refractivity contribution in [2.24, 2.45) is 0 Å². The molecule has 0 aromatic heterocycles. The van der Waals surface area contributed by atoms with E-state index in [0.29, 0.717) is 13.2 Å². The molecule has 3 nitrogen and oxygen atoms in total. The average Bonchev–Trinajstić information content (AvgIpc) is 2.46. The van der Waals surface area contributed by atoms with Crippen molar-refractivity contribution in [1.29, 1.82) is 0 Å². The molecule has 0 aromatic carbocycles. The van der Waals surface area contributed by atoms with Gasteiger partial charge < -0.3 is 9.47 Å². The molecule has 0 fully saturated rings. The van der Waals surface area contributed by atoms with E-state index in [1.807, 2.05) is 0 Å². The lowest BCUT2D eigenvalue weighted by Crippen LogP contribution is -2.22. The first-order valence-corrected chi connectivity index (χ1v) is 7.76. The van der Waals surface area contributed by atoms with Crippen molar-refractivity contribution in [2.45, 2.75) is 64.4 Å². The lowest BCUT2D eigenvalue weighted by atomic mass is 10.1. The van der Waals surface area contributed by atoms with Gasteiger partial charge in [-0.1, -0.05) is 58.1 Å². The molecule has 1 unspecified atom stereocenters. The fourth-order valence-corrected chi connectivity index (χ4v) is 2.00. The number of rotatable bonds is 14. The monoisotopic (exact) mass is 282 g/mol. The Labute approximate surface area is 124 Å². The van der Waals surface area contributed by atoms with Gasteiger partial charge in [0.25, 0.3) is 0 Å². The van der Waals surface area contributed by atoms with E-state index in [2.05, 4.69) is 20.1 Å². The van der Waals surface area contributed by atoms with Gasteiger partial charge in [0.05, 0.1) is 13.2 Å². The highest BCUT2D eigenvalue weighted by atomic mass is 16.6. The van der Waals surface area contributed by atoms with Crippen LogP contribution in [-0.2, 0) is 14.3 Å². The minimum absolute atomic E-state index is 0.170. The molecule has 0 saturated carbocycles. The molecule has 0 aliphatic heterocycles. The van der Waals surface area contributed by atoms with E-state index in [0.717, 1.165) is 12.8 Å². The summed E-state index contributed by atoms with van der Waals surface area (Å²) in [5, 5.41) is 0. The van der Waals surface area contributed by atoms with Crippen LogP contribution < -0.4 is 0 Å². The smallest absolute Gasteiger partial charge is 0.330 e. The Morgan fingerprint density at radius 2 is 1.75 bits per heavy atom. The molecule has 0 radical (unpaired) electrons. The maximum Gasteiger partial charge on any atom is 0.330 e. The summed E-state index contributed by atoms with van der Waals surface area (Å²) in [6.07, 6.45) is 12.3. The molecule has 0 rings (SSSR count). The van der Waals surface area contributed by atoms with Gasteiger partial charge >= 0.3 is 5.97 Å². The Kier molecular flexibility index (Phi) is 13.5. The van der Waals surface area contributed by atoms with E-state index in [1.165, 1.54) is 44.6 Å². The molecule has 0 amide bonds. The van der Waals surface area contributed by atoms with Gasteiger partial charge in [0.15, 0.2) is 0 Å². The largest absolute Gasteiger partial charge is 0.457 e. The van der Waals surface area contributed by atoms with Crippen LogP contribution in [0.3, 0.4) is 0 Å². The molecule has 0 saturated heterocycles. The number of carbonyl (C=O) groups excluding carboxylic acids is 1. The summed E-state index contributed by atoms with van der Waals surface area (Å²) in [5.41, 5.74) is 0. The first-order chi connectivity index (χ1) is 9.74. The number of ether oxygens (including phenoxy) is 2. The number of esters is 1. The molecular weight excluding hydrogens is 252 g/mol. The highest BCUT2D eigenvalue weighted by molar-refractivity contribution is 5.81. The Hall–Kier alpha value is -1.09. The number of hydrogen-bond donors (Lipinski definition) is 0. The molecule has 0 spiro atoms. The summed E-state index contributed by atoms with van der Waals surface area (Å²) < 4.78 is 10.6. The van der Waals surface area contributed by atoms with Crippen molar-refractivity contribution in [3.8, 4) is 0 Å². The van der Waals surface area contributed by atoms with Crippen LogP contribution in [0.4, 0.5) is 0 Å². The van der Waals surface area contributed by atoms with Gasteiger partial charge in [-0.05, 0) is 12.8 Å². The van der Waals surface area contributed by atoms with Gasteiger partial charge in [0.2, 0.25) is 0 Å². The van der Waals surface area contributed by atoms with E-state index in [9.17, 15) is 4.79 Å². The Morgan fingerprint density at radius 3 is 2.35 bits per heavy atom. The third kappa shape index (κ3) is 12.0. The van der Waals surface area contributed by atoms with Crippen LogP contribution in [0.15, 0.2) is 25.3 Å². The highest BCUT2D eigenvalue weighted by Crippen LogP contribution is 2.12. The first-order valence-electron chi connectivity index (χ1n) is 7.76. The van der Waals surface area contributed by atoms with E-state index < -0.39 is 0 Å². The van der Waals surface area contributed by atoms with Crippen LogP contribution in [0.5, 0.6) is 0 Å². The van der Waals surface area contributed by atoms with Crippen LogP contribution >= 0.6 is 0 Å². The van der Waals surface area contributed by atoms with E-state index in [1.54, 1.807) is 6.08 Å². The number of carbonyl (C=O) groups is 1. The summed E-state index contributed by atoms with van der Waals surface area (Å²) >= 11 is 0. The number of unbranched alkanes of at least 4 members (excludes halogenated alkanes) is 6. The first kappa shape index (κ1) is 18.9. The van der Waals surface area contributed by atoms with Crippen LogP contribution in [0.2, 0.25) is 0 Å². The Bertz CT molecular complexity index is 261. The van der Waals surface area contributed by atoms with Crippen molar-refractivity contribution >= 4 is 5.97 Å². The summed E-state index contributed by atoms with van der Waals surface area (Å²) in [6.45, 7) is 10.2. The normalized spacial score (nSPS) is 11.8. The summed E-state index contributed by atoms with van der Waals surface area (Å²) in [4.78, 5) is 11.2. The molecular formula is C17H30O3. The quantitative estimate of drug-likeness (QED) is 0.205. The van der Waals surface area contributed by atoms with Crippen LogP contribution in [0, 0.1) is 0 Å². The highest BCUT2D eigenvalue weighted by Gasteiger charge is 2.12. The maximum absolute atomic E-state index is 11.2. The molecule has 0 heterocycles. The third-order valence-corrected chi connectivity index (χ3v) is 3.12. The van der Waals surface area contributed by atoms with Crippen molar-refractivity contribution in [2.75, 3.05) is 13.2 Å². The lowest BCUT2D eigenvalue weighted by molar-refractivity contribution is -0.146. The lowest BCUT2D eigenvalue weighted by Gasteiger charge is -2.16. The zero-order valence-corrected chi connectivity index (χ0v) is 12.9. The van der Waals surface area contributed by atoms with Crippen LogP contribution in [0.25, 0.3) is 0 Å². The van der Waals surface area contributed by atoms with Crippen molar-refractivity contribution in [3.05, 3.63) is 25.3 Å². The predicted molar refractivity (Wildman–Crippen MR) is 83.7 cm³/mol. The van der Waals surface area contributed by atoms with Gasteiger partial charge in [-0.2, -0.15) is 0 Å². The molecule has 0 aliphatic carbocycles. The molecule has 1 atom stereocenters. The van der Waals surface area contributed by atoms with E-state index in [-0.39, 0.29) is 12.1 Å². The van der Waals surface area contributed by atoms with Crippen molar-refractivity contribution in [1.82, 2.24) is 0 Å². The minimum atomic E-state index is -0.375. The Balaban J connectivity index is 3.75. The Morgan fingerprint density at radius 1 is 1.10 bits per heavy atom. The van der Waals surface area contributed by atoms with E-state index >= 15 is 0 Å². The molecule has 0 aliphatic rings. The van der Waals surface area contributed by atoms with Gasteiger partial charge in [-0.25, -0.2) is 4.79 Å². The second kappa shape index (κ2) is 14.3. The summed E-state index contributed by atoms with van der Waals surface area (Å²) in [6, 6.07) is 0. The molecule has 116 valence electrons. The predicted octanol–water partition coefficient (Wildman–Crippen LogP) is 4.43. The van der Waals surface area contributed by atoms with Crippen LogP contribution in [0.1, 0.15) is 58.3 Å². The maximum atomic E-state index is 11.2. The summed E-state index contributed by atoms with van der Waals surface area (Å²) in [7, 11) is 0. The topological polar surface area (TPSA) is 35.5 Å². The van der Waals surface area contributed by atoms with Crippen molar-refractivity contribution < 1.29 is 14.3 Å². The molecule has 3 heteroatoms. The third-order valence-electron chi connectivity index (χ3n) is 3.12. The van der Waals surface area contributed by atoms with E-state index in [4.69, 9.17) is 9.47 Å². The fraction of sp³-hybridized carbons (Fsp3) is 0.706. The second-order valence-corrected chi connectivity index (χ2v) is 5.00. The summed E-state index contributed by atoms with van der Waals surface area (Å²) in [5.74, 6) is -0.375. The van der Waals surface area contributed by atoms with Crippen molar-refractivity contribution in [3.63, 3.8) is 0 Å². The zero-order valence-electron chi connectivity index (χ0n) is 12.9. The fourth-order valence-electron chi connectivity index (χ4n) is 2.00. The second-order valence-electron chi connectivity index (χ2n) is 5.00. The molecule has 0 N–H and O–H groups in total. The SMILES string of the molecule is C=CCOCC(CCCCCCCCC)OC(=O)C=C. The van der Waals surface area contributed by atoms with Gasteiger partial charge in [-0.3, -0.25) is 0 Å². The molecule has 20 heavy (non-hydrogen) atoms. The minimum Gasteiger partial charge on any atom is -0.457 e. The molecule has 0 bridgehead atoms. The molecule has 0 aromatic rings. The standard InChI is InChI=1S/C17H30O3/c1-4-7-8-9-10-11-12-13-16(15-19-14-5-2)20-17(18)6-3/h5-6,16H,2-4,7-15H2,1H3. The van der Waals surface area contributed by atoms with Gasteiger partial charge in [0, 0.05) is 6.08 Å². The van der Waals surface area contributed by atoms with Gasteiger partial charge in [-0.15, -0.1) is 6.58 Å². The number of hydrogen-bond acceptors (Lipinski definition) is 3.